The van der Waals surface area contributed by atoms with E-state index in [9.17, 15) is 0 Å². The number of piperidine rings is 1. The number of methoxy groups -OCH3 is 1. The van der Waals surface area contributed by atoms with E-state index in [1.807, 2.05) is 12.1 Å². The Balaban J connectivity index is 1.42. The van der Waals surface area contributed by atoms with Crippen LogP contribution in [0.15, 0.2) is 72.8 Å². The van der Waals surface area contributed by atoms with Crippen LogP contribution in [0.4, 0.5) is 0 Å². The molecule has 4 aromatic rings. The molecule has 1 fully saturated rings. The highest BCUT2D eigenvalue weighted by molar-refractivity contribution is 6.35. The predicted molar refractivity (Wildman–Crippen MR) is 135 cm³/mol. The summed E-state index contributed by atoms with van der Waals surface area (Å²) in [5.41, 5.74) is 6.82. The van der Waals surface area contributed by atoms with Crippen LogP contribution >= 0.6 is 11.6 Å². The van der Waals surface area contributed by atoms with Gasteiger partial charge in [-0.1, -0.05) is 60.1 Å². The normalized spacial score (nSPS) is 22.7. The number of nitrogens with one attached hydrogen (secondary N) is 1. The number of hydrogen-bond donors (Lipinski definition) is 1. The lowest BCUT2D eigenvalue weighted by atomic mass is 9.58. The van der Waals surface area contributed by atoms with Crippen molar-refractivity contribution in [1.82, 2.24) is 9.88 Å². The molecule has 1 N–H and O–H groups in total. The van der Waals surface area contributed by atoms with Gasteiger partial charge in [-0.05, 0) is 72.7 Å². The molecule has 2 aliphatic rings. The van der Waals surface area contributed by atoms with Gasteiger partial charge < -0.3 is 9.72 Å². The Morgan fingerprint density at radius 1 is 1.06 bits per heavy atom. The fraction of sp³-hybridized carbons (Fsp3) is 0.310. The van der Waals surface area contributed by atoms with Crippen molar-refractivity contribution in [3.05, 3.63) is 100 Å². The van der Waals surface area contributed by atoms with E-state index in [4.69, 9.17) is 16.3 Å². The minimum atomic E-state index is 0.0993. The topological polar surface area (TPSA) is 28.3 Å². The van der Waals surface area contributed by atoms with E-state index < -0.39 is 0 Å². The maximum Gasteiger partial charge on any atom is 0.119 e. The third kappa shape index (κ3) is 3.55. The molecule has 0 spiro atoms. The van der Waals surface area contributed by atoms with Crippen LogP contribution in [-0.2, 0) is 24.8 Å². The molecule has 0 bridgehead atoms. The largest absolute Gasteiger partial charge is 0.497 e. The first-order valence-electron chi connectivity index (χ1n) is 11.8. The van der Waals surface area contributed by atoms with Gasteiger partial charge in [-0.3, -0.25) is 4.90 Å². The van der Waals surface area contributed by atoms with Crippen molar-refractivity contribution in [1.29, 1.82) is 0 Å². The zero-order chi connectivity index (χ0) is 22.4. The minimum absolute atomic E-state index is 0.0993. The summed E-state index contributed by atoms with van der Waals surface area (Å²) in [6.45, 7) is 3.19. The second-order valence-electron chi connectivity index (χ2n) is 9.68. The van der Waals surface area contributed by atoms with E-state index in [2.05, 4.69) is 70.5 Å². The summed E-state index contributed by atoms with van der Waals surface area (Å²) < 4.78 is 5.62. The van der Waals surface area contributed by atoms with Crippen molar-refractivity contribution < 1.29 is 4.74 Å². The summed E-state index contributed by atoms with van der Waals surface area (Å²) in [4.78, 5) is 6.37. The van der Waals surface area contributed by atoms with Gasteiger partial charge in [0.15, 0.2) is 0 Å². The molecule has 6 rings (SSSR count). The Kier molecular flexibility index (Phi) is 5.20. The van der Waals surface area contributed by atoms with Crippen molar-refractivity contribution in [3.8, 4) is 5.75 Å². The van der Waals surface area contributed by atoms with Crippen molar-refractivity contribution in [2.45, 2.75) is 31.2 Å². The van der Waals surface area contributed by atoms with E-state index in [-0.39, 0.29) is 5.41 Å². The number of aromatic nitrogens is 1. The highest BCUT2D eigenvalue weighted by Crippen LogP contribution is 2.50. The van der Waals surface area contributed by atoms with Gasteiger partial charge in [-0.15, -0.1) is 0 Å². The van der Waals surface area contributed by atoms with E-state index in [1.165, 1.54) is 27.8 Å². The third-order valence-electron chi connectivity index (χ3n) is 7.94. The van der Waals surface area contributed by atoms with Gasteiger partial charge in [0.2, 0.25) is 0 Å². The van der Waals surface area contributed by atoms with Gasteiger partial charge >= 0.3 is 0 Å². The fourth-order valence-electron chi connectivity index (χ4n) is 6.29. The number of fused-ring (bicyclic) bond motifs is 4. The second-order valence-corrected chi connectivity index (χ2v) is 10.1. The molecule has 1 aliphatic carbocycles. The molecule has 1 aliphatic heterocycles. The van der Waals surface area contributed by atoms with Gasteiger partial charge in [0.05, 0.1) is 12.1 Å². The molecular formula is C29H29ClN2O. The molecule has 3 nitrogen and oxygen atoms in total. The van der Waals surface area contributed by atoms with Crippen LogP contribution in [0.3, 0.4) is 0 Å². The van der Waals surface area contributed by atoms with Crippen LogP contribution in [0.5, 0.6) is 5.75 Å². The molecule has 1 saturated heterocycles. The molecule has 33 heavy (non-hydrogen) atoms. The number of nitrogens with zero attached hydrogens (tertiary/aromatic N) is 1. The highest BCUT2D eigenvalue weighted by atomic mass is 35.5. The number of rotatable bonds is 4. The van der Waals surface area contributed by atoms with E-state index in [1.54, 1.807) is 7.11 Å². The van der Waals surface area contributed by atoms with Gasteiger partial charge in [-0.2, -0.15) is 0 Å². The molecule has 2 unspecified atom stereocenters. The number of likely N-dealkylation sites (tertiary alicyclic amines) is 1. The van der Waals surface area contributed by atoms with Crippen LogP contribution in [-0.4, -0.2) is 30.1 Å². The van der Waals surface area contributed by atoms with Crippen LogP contribution in [0.1, 0.15) is 28.8 Å². The zero-order valence-electron chi connectivity index (χ0n) is 19.0. The molecule has 0 amide bonds. The number of hydrogen-bond acceptors (Lipinski definition) is 2. The molecular weight excluding hydrogens is 428 g/mol. The fourth-order valence-corrected chi connectivity index (χ4v) is 6.58. The predicted octanol–water partition coefficient (Wildman–Crippen LogP) is 6.39. The summed E-state index contributed by atoms with van der Waals surface area (Å²) in [6.07, 6.45) is 3.20. The number of ether oxygens (including phenoxy) is 1. The first-order valence-corrected chi connectivity index (χ1v) is 12.2. The number of aromatic amines is 1. The lowest BCUT2D eigenvalue weighted by Gasteiger charge is -2.51. The number of H-pyrrole nitrogens is 1. The lowest BCUT2D eigenvalue weighted by Crippen LogP contribution is -2.53. The van der Waals surface area contributed by atoms with Crippen LogP contribution in [0.25, 0.3) is 10.9 Å². The molecule has 4 heteroatoms. The number of halogens is 1. The Labute approximate surface area is 200 Å². The van der Waals surface area contributed by atoms with Crippen LogP contribution in [0, 0.1) is 5.92 Å². The van der Waals surface area contributed by atoms with E-state index in [0.717, 1.165) is 55.2 Å². The van der Waals surface area contributed by atoms with Crippen LogP contribution < -0.4 is 4.74 Å². The smallest absolute Gasteiger partial charge is 0.119 e. The average molecular weight is 457 g/mol. The van der Waals surface area contributed by atoms with Gasteiger partial charge in [-0.25, -0.2) is 0 Å². The van der Waals surface area contributed by atoms with Crippen molar-refractivity contribution in [2.24, 2.45) is 5.92 Å². The molecule has 2 atom stereocenters. The molecule has 0 saturated carbocycles. The van der Waals surface area contributed by atoms with E-state index in [0.29, 0.717) is 5.92 Å². The quantitative estimate of drug-likeness (QED) is 0.385. The van der Waals surface area contributed by atoms with Crippen molar-refractivity contribution in [3.63, 3.8) is 0 Å². The van der Waals surface area contributed by atoms with Crippen LogP contribution in [0.2, 0.25) is 5.02 Å². The summed E-state index contributed by atoms with van der Waals surface area (Å²) >= 11 is 6.69. The first-order chi connectivity index (χ1) is 16.2. The molecule has 168 valence electrons. The summed E-state index contributed by atoms with van der Waals surface area (Å²) in [6, 6.07) is 25.8. The molecule has 1 aromatic heterocycles. The highest BCUT2D eigenvalue weighted by Gasteiger charge is 2.48. The lowest BCUT2D eigenvalue weighted by molar-refractivity contribution is 0.0765. The molecule has 2 heterocycles. The van der Waals surface area contributed by atoms with Gasteiger partial charge in [0.25, 0.3) is 0 Å². The standard InChI is InChI=1S/C29H29ClN2O/c1-33-23-10-5-9-21(15-23)29-13-14-32(18-20-7-3-2-4-8-20)19-22(29)16-24-27(17-29)31-26-12-6-11-25(30)28(24)26/h2-12,15,22,31H,13-14,16-19H2,1H3. The van der Waals surface area contributed by atoms with Crippen molar-refractivity contribution in [2.75, 3.05) is 20.2 Å². The summed E-state index contributed by atoms with van der Waals surface area (Å²) in [7, 11) is 1.76. The average Bonchev–Trinajstić information content (AvgIpc) is 3.21. The number of benzene rings is 3. The maximum absolute atomic E-state index is 6.69. The monoisotopic (exact) mass is 456 g/mol. The minimum Gasteiger partial charge on any atom is -0.497 e. The Morgan fingerprint density at radius 2 is 1.91 bits per heavy atom. The van der Waals surface area contributed by atoms with Crippen molar-refractivity contribution >= 4 is 22.5 Å². The first kappa shape index (κ1) is 20.8. The summed E-state index contributed by atoms with van der Waals surface area (Å²) in [5, 5.41) is 2.07. The third-order valence-corrected chi connectivity index (χ3v) is 8.25. The SMILES string of the molecule is COc1cccc(C23CCN(Cc4ccccc4)CC2Cc2c([nH]c4cccc(Cl)c24)C3)c1. The van der Waals surface area contributed by atoms with Gasteiger partial charge in [0, 0.05) is 35.1 Å². The molecule has 3 aromatic carbocycles. The maximum atomic E-state index is 6.69. The Bertz CT molecular complexity index is 1300. The molecule has 0 radical (unpaired) electrons. The zero-order valence-corrected chi connectivity index (χ0v) is 19.7. The summed E-state index contributed by atoms with van der Waals surface area (Å²) in [5.74, 6) is 1.46. The Morgan fingerprint density at radius 3 is 2.76 bits per heavy atom. The Hall–Kier alpha value is -2.75. The van der Waals surface area contributed by atoms with Gasteiger partial charge in [0.1, 0.15) is 5.75 Å². The second kappa shape index (κ2) is 8.23. The van der Waals surface area contributed by atoms with E-state index >= 15 is 0 Å².